The van der Waals surface area contributed by atoms with E-state index in [-0.39, 0.29) is 0 Å². The molecule has 4 N–H and O–H groups in total. The van der Waals surface area contributed by atoms with Crippen LogP contribution >= 0.6 is 0 Å². The first-order valence-electron chi connectivity index (χ1n) is 4.84. The fourth-order valence-electron chi connectivity index (χ4n) is 1.23. The van der Waals surface area contributed by atoms with Crippen LogP contribution in [-0.2, 0) is 4.79 Å². The molecule has 0 aliphatic carbocycles. The zero-order valence-electron chi connectivity index (χ0n) is 8.93. The second-order valence-corrected chi connectivity index (χ2v) is 3.28. The predicted octanol–water partition coefficient (Wildman–Crippen LogP) is 0.783. The monoisotopic (exact) mass is 219 g/mol. The summed E-state index contributed by atoms with van der Waals surface area (Å²) in [6.07, 6.45) is -0.277. The molecule has 0 aliphatic rings. The maximum absolute atomic E-state index is 11.0. The normalized spacial score (nSPS) is 11.5. The number of carbonyl (C=O) groups is 1. The number of hydrogen-bond donors (Lipinski definition) is 2. The molecular formula is C11H13N3O2. The Morgan fingerprint density at radius 1 is 1.62 bits per heavy atom. The lowest BCUT2D eigenvalue weighted by Gasteiger charge is -2.15. The Hall–Kier alpha value is -2.22. The van der Waals surface area contributed by atoms with Crippen molar-refractivity contribution in [2.75, 3.05) is 5.73 Å². The molecule has 1 aromatic rings. The summed E-state index contributed by atoms with van der Waals surface area (Å²) in [5.41, 5.74) is 11.4. The Kier molecular flexibility index (Phi) is 3.72. The highest BCUT2D eigenvalue weighted by molar-refractivity contribution is 5.79. The number of nitrogens with two attached hydrogens (primary N) is 2. The van der Waals surface area contributed by atoms with Crippen molar-refractivity contribution in [1.82, 2.24) is 0 Å². The number of benzene rings is 1. The molecule has 0 bridgehead atoms. The quantitative estimate of drug-likeness (QED) is 0.730. The van der Waals surface area contributed by atoms with Gasteiger partial charge in [0.2, 0.25) is 0 Å². The third-order valence-electron chi connectivity index (χ3n) is 2.08. The lowest BCUT2D eigenvalue weighted by molar-refractivity contribution is -0.124. The van der Waals surface area contributed by atoms with Crippen LogP contribution in [0.2, 0.25) is 0 Å². The van der Waals surface area contributed by atoms with E-state index in [1.807, 2.05) is 6.07 Å². The fourth-order valence-corrected chi connectivity index (χ4v) is 1.23. The van der Waals surface area contributed by atoms with Gasteiger partial charge in [0.1, 0.15) is 11.8 Å². The van der Waals surface area contributed by atoms with Gasteiger partial charge in [-0.1, -0.05) is 6.92 Å². The minimum absolute atomic E-state index is 0.291. The van der Waals surface area contributed by atoms with E-state index in [1.54, 1.807) is 19.1 Å². The molecule has 0 spiro atoms. The van der Waals surface area contributed by atoms with Gasteiger partial charge in [0, 0.05) is 5.69 Å². The maximum atomic E-state index is 11.0. The van der Waals surface area contributed by atoms with E-state index >= 15 is 0 Å². The number of rotatable bonds is 4. The molecule has 0 radical (unpaired) electrons. The molecule has 0 aromatic heterocycles. The van der Waals surface area contributed by atoms with Gasteiger partial charge in [0.25, 0.3) is 5.91 Å². The summed E-state index contributed by atoms with van der Waals surface area (Å²) in [5, 5.41) is 8.87. The number of nitriles is 1. The molecule has 1 rings (SSSR count). The van der Waals surface area contributed by atoms with E-state index in [0.29, 0.717) is 23.4 Å². The Balaban J connectivity index is 2.97. The lowest BCUT2D eigenvalue weighted by atomic mass is 10.2. The van der Waals surface area contributed by atoms with Crippen LogP contribution in [0.3, 0.4) is 0 Å². The van der Waals surface area contributed by atoms with E-state index in [4.69, 9.17) is 21.5 Å². The van der Waals surface area contributed by atoms with Crippen molar-refractivity contribution >= 4 is 11.6 Å². The molecule has 0 fully saturated rings. The molecule has 0 aliphatic heterocycles. The number of ether oxygens (including phenoxy) is 1. The summed E-state index contributed by atoms with van der Waals surface area (Å²) in [7, 11) is 0. The molecule has 0 saturated heterocycles. The van der Waals surface area contributed by atoms with E-state index in [2.05, 4.69) is 0 Å². The van der Waals surface area contributed by atoms with E-state index in [9.17, 15) is 4.79 Å². The molecule has 0 heterocycles. The Labute approximate surface area is 93.6 Å². The van der Waals surface area contributed by atoms with Crippen molar-refractivity contribution in [2.24, 2.45) is 5.73 Å². The first-order chi connectivity index (χ1) is 7.58. The number of nitrogens with zero attached hydrogens (tertiary/aromatic N) is 1. The highest BCUT2D eigenvalue weighted by Crippen LogP contribution is 2.22. The number of hydrogen-bond acceptors (Lipinski definition) is 4. The van der Waals surface area contributed by atoms with Crippen molar-refractivity contribution in [3.8, 4) is 11.8 Å². The summed E-state index contributed by atoms with van der Waals surface area (Å²) in [5.74, 6) is -0.231. The van der Waals surface area contributed by atoms with Crippen molar-refractivity contribution in [3.63, 3.8) is 0 Å². The van der Waals surface area contributed by atoms with Gasteiger partial charge in [0.05, 0.1) is 5.56 Å². The zero-order valence-corrected chi connectivity index (χ0v) is 8.93. The molecule has 1 aromatic carbocycles. The topological polar surface area (TPSA) is 102 Å². The Morgan fingerprint density at radius 2 is 2.31 bits per heavy atom. The SMILES string of the molecule is CCC(Oc1ccc(N)cc1C#N)C(N)=O. The van der Waals surface area contributed by atoms with Crippen LogP contribution in [0.5, 0.6) is 5.75 Å². The molecule has 84 valence electrons. The number of primary amides is 1. The highest BCUT2D eigenvalue weighted by Gasteiger charge is 2.16. The first-order valence-corrected chi connectivity index (χ1v) is 4.84. The molecule has 1 unspecified atom stereocenters. The average molecular weight is 219 g/mol. The molecule has 0 saturated carbocycles. The molecule has 5 nitrogen and oxygen atoms in total. The fraction of sp³-hybridized carbons (Fsp3) is 0.273. The standard InChI is InChI=1S/C11H13N3O2/c1-2-9(11(14)15)16-10-4-3-8(13)5-7(10)6-12/h3-5,9H,2,13H2,1H3,(H2,14,15). The predicted molar refractivity (Wildman–Crippen MR) is 59.5 cm³/mol. The first kappa shape index (κ1) is 11.9. The number of carbonyl (C=O) groups excluding carboxylic acids is 1. The second-order valence-electron chi connectivity index (χ2n) is 3.28. The third-order valence-corrected chi connectivity index (χ3v) is 2.08. The Morgan fingerprint density at radius 3 is 2.81 bits per heavy atom. The average Bonchev–Trinajstić information content (AvgIpc) is 2.26. The molecular weight excluding hydrogens is 206 g/mol. The molecule has 1 amide bonds. The van der Waals surface area contributed by atoms with Crippen LogP contribution in [-0.4, -0.2) is 12.0 Å². The smallest absolute Gasteiger partial charge is 0.258 e. The zero-order chi connectivity index (χ0) is 12.1. The highest BCUT2D eigenvalue weighted by atomic mass is 16.5. The van der Waals surface area contributed by atoms with Crippen molar-refractivity contribution < 1.29 is 9.53 Å². The molecule has 5 heteroatoms. The van der Waals surface area contributed by atoms with Gasteiger partial charge in [-0.15, -0.1) is 0 Å². The largest absolute Gasteiger partial charge is 0.479 e. The maximum Gasteiger partial charge on any atom is 0.258 e. The third kappa shape index (κ3) is 2.64. The summed E-state index contributed by atoms with van der Waals surface area (Å²) in [4.78, 5) is 11.0. The van der Waals surface area contributed by atoms with Crippen molar-refractivity contribution in [3.05, 3.63) is 23.8 Å². The van der Waals surface area contributed by atoms with Gasteiger partial charge < -0.3 is 16.2 Å². The van der Waals surface area contributed by atoms with Crippen LogP contribution in [0, 0.1) is 11.3 Å². The van der Waals surface area contributed by atoms with Crippen molar-refractivity contribution in [2.45, 2.75) is 19.4 Å². The Bertz CT molecular complexity index is 437. The molecule has 1 atom stereocenters. The minimum Gasteiger partial charge on any atom is -0.479 e. The summed E-state index contributed by atoms with van der Waals surface area (Å²) in [6, 6.07) is 6.59. The number of anilines is 1. The van der Waals surface area contributed by atoms with Gasteiger partial charge in [-0.2, -0.15) is 5.26 Å². The van der Waals surface area contributed by atoms with Crippen LogP contribution in [0.15, 0.2) is 18.2 Å². The summed E-state index contributed by atoms with van der Waals surface area (Å²) in [6.45, 7) is 1.78. The van der Waals surface area contributed by atoms with Gasteiger partial charge >= 0.3 is 0 Å². The van der Waals surface area contributed by atoms with Gasteiger partial charge in [-0.25, -0.2) is 0 Å². The van der Waals surface area contributed by atoms with E-state index < -0.39 is 12.0 Å². The summed E-state index contributed by atoms with van der Waals surface area (Å²) < 4.78 is 5.35. The van der Waals surface area contributed by atoms with E-state index in [1.165, 1.54) is 6.07 Å². The minimum atomic E-state index is -0.726. The van der Waals surface area contributed by atoms with Crippen molar-refractivity contribution in [1.29, 1.82) is 5.26 Å². The van der Waals surface area contributed by atoms with Crippen LogP contribution in [0.4, 0.5) is 5.69 Å². The van der Waals surface area contributed by atoms with Gasteiger partial charge in [-0.3, -0.25) is 4.79 Å². The number of nitrogen functional groups attached to an aromatic ring is 1. The summed E-state index contributed by atoms with van der Waals surface area (Å²) >= 11 is 0. The van der Waals surface area contributed by atoms with Crippen LogP contribution in [0.25, 0.3) is 0 Å². The molecule has 16 heavy (non-hydrogen) atoms. The van der Waals surface area contributed by atoms with Crippen LogP contribution < -0.4 is 16.2 Å². The lowest BCUT2D eigenvalue weighted by Crippen LogP contribution is -2.33. The van der Waals surface area contributed by atoms with Gasteiger partial charge in [-0.05, 0) is 24.6 Å². The van der Waals surface area contributed by atoms with E-state index in [0.717, 1.165) is 0 Å². The second kappa shape index (κ2) is 5.03. The van der Waals surface area contributed by atoms with Gasteiger partial charge in [0.15, 0.2) is 6.10 Å². The van der Waals surface area contributed by atoms with Crippen LogP contribution in [0.1, 0.15) is 18.9 Å². The number of amides is 1.